The number of carbonyl (C=O) groups excluding carboxylic acids is 1. The molecular formula is C21H18ClN3O3S. The number of halogens is 1. The lowest BCUT2D eigenvalue weighted by atomic mass is 10.1. The number of hydrogen-bond acceptors (Lipinski definition) is 5. The van der Waals surface area contributed by atoms with Crippen molar-refractivity contribution in [3.05, 3.63) is 88.7 Å². The van der Waals surface area contributed by atoms with Crippen molar-refractivity contribution in [2.75, 3.05) is 0 Å². The SMILES string of the molecule is O=C(NC(Cc1ccccc1)C(=O)O)c1nc(SCc2ccccc2)ncc1Cl. The van der Waals surface area contributed by atoms with Gasteiger partial charge in [-0.2, -0.15) is 0 Å². The van der Waals surface area contributed by atoms with E-state index >= 15 is 0 Å². The number of hydrogen-bond donors (Lipinski definition) is 2. The van der Waals surface area contributed by atoms with Crippen LogP contribution in [0.1, 0.15) is 21.6 Å². The van der Waals surface area contributed by atoms with Gasteiger partial charge in [-0.15, -0.1) is 0 Å². The molecule has 0 saturated carbocycles. The van der Waals surface area contributed by atoms with Gasteiger partial charge in [-0.05, 0) is 11.1 Å². The van der Waals surface area contributed by atoms with Crippen LogP contribution >= 0.6 is 23.4 Å². The van der Waals surface area contributed by atoms with Gasteiger partial charge in [0.25, 0.3) is 5.91 Å². The first-order chi connectivity index (χ1) is 14.0. The molecule has 3 aromatic rings. The summed E-state index contributed by atoms with van der Waals surface area (Å²) in [5.41, 5.74) is 1.85. The molecule has 2 N–H and O–H groups in total. The molecule has 0 aliphatic heterocycles. The summed E-state index contributed by atoms with van der Waals surface area (Å²) in [5, 5.41) is 12.4. The minimum absolute atomic E-state index is 0.0449. The van der Waals surface area contributed by atoms with Crippen LogP contribution in [0.15, 0.2) is 72.0 Å². The highest BCUT2D eigenvalue weighted by Crippen LogP contribution is 2.22. The zero-order valence-electron chi connectivity index (χ0n) is 15.3. The summed E-state index contributed by atoms with van der Waals surface area (Å²) in [4.78, 5) is 32.6. The van der Waals surface area contributed by atoms with E-state index in [1.807, 2.05) is 48.5 Å². The van der Waals surface area contributed by atoms with Crippen molar-refractivity contribution in [2.24, 2.45) is 0 Å². The van der Waals surface area contributed by atoms with Crippen LogP contribution < -0.4 is 5.32 Å². The van der Waals surface area contributed by atoms with Crippen molar-refractivity contribution < 1.29 is 14.7 Å². The van der Waals surface area contributed by atoms with Crippen LogP contribution in [0.4, 0.5) is 0 Å². The van der Waals surface area contributed by atoms with E-state index in [2.05, 4.69) is 15.3 Å². The lowest BCUT2D eigenvalue weighted by Gasteiger charge is -2.15. The number of aromatic nitrogens is 2. The molecular weight excluding hydrogens is 410 g/mol. The predicted molar refractivity (Wildman–Crippen MR) is 112 cm³/mol. The molecule has 0 radical (unpaired) electrons. The first-order valence-corrected chi connectivity index (χ1v) is 10.2. The number of rotatable bonds is 8. The van der Waals surface area contributed by atoms with Crippen LogP contribution in [0.3, 0.4) is 0 Å². The molecule has 3 rings (SSSR count). The normalized spacial score (nSPS) is 11.6. The molecule has 0 fully saturated rings. The van der Waals surface area contributed by atoms with E-state index in [4.69, 9.17) is 11.6 Å². The third-order valence-corrected chi connectivity index (χ3v) is 5.24. The van der Waals surface area contributed by atoms with Crippen molar-refractivity contribution >= 4 is 35.2 Å². The van der Waals surface area contributed by atoms with Gasteiger partial charge in [-0.25, -0.2) is 14.8 Å². The number of nitrogens with zero attached hydrogens (tertiary/aromatic N) is 2. The summed E-state index contributed by atoms with van der Waals surface area (Å²) in [6.07, 6.45) is 1.50. The van der Waals surface area contributed by atoms with E-state index in [-0.39, 0.29) is 17.1 Å². The fraction of sp³-hybridized carbons (Fsp3) is 0.143. The Bertz CT molecular complexity index is 987. The number of benzene rings is 2. The first kappa shape index (κ1) is 20.8. The summed E-state index contributed by atoms with van der Waals surface area (Å²) in [5.74, 6) is -1.15. The Morgan fingerprint density at radius 2 is 1.66 bits per heavy atom. The maximum absolute atomic E-state index is 12.6. The Balaban J connectivity index is 1.70. The minimum Gasteiger partial charge on any atom is -0.480 e. The number of thioether (sulfide) groups is 1. The van der Waals surface area contributed by atoms with E-state index in [9.17, 15) is 14.7 Å². The molecule has 6 nitrogen and oxygen atoms in total. The topological polar surface area (TPSA) is 92.2 Å². The van der Waals surface area contributed by atoms with Gasteiger partial charge in [0.15, 0.2) is 10.9 Å². The second-order valence-electron chi connectivity index (χ2n) is 6.18. The van der Waals surface area contributed by atoms with Crippen LogP contribution in [0.2, 0.25) is 5.02 Å². The van der Waals surface area contributed by atoms with Crippen molar-refractivity contribution in [1.29, 1.82) is 0 Å². The maximum atomic E-state index is 12.6. The summed E-state index contributed by atoms with van der Waals surface area (Å²) < 4.78 is 0. The summed E-state index contributed by atoms with van der Waals surface area (Å²) >= 11 is 7.45. The molecule has 1 amide bonds. The fourth-order valence-corrected chi connectivity index (χ4v) is 3.53. The van der Waals surface area contributed by atoms with Gasteiger partial charge in [0.05, 0.1) is 11.2 Å². The van der Waals surface area contributed by atoms with Gasteiger partial charge in [0.2, 0.25) is 0 Å². The van der Waals surface area contributed by atoms with Crippen molar-refractivity contribution in [3.63, 3.8) is 0 Å². The highest BCUT2D eigenvalue weighted by molar-refractivity contribution is 7.98. The Morgan fingerprint density at radius 3 is 2.28 bits per heavy atom. The largest absolute Gasteiger partial charge is 0.480 e. The summed E-state index contributed by atoms with van der Waals surface area (Å²) in [6.45, 7) is 0. The summed E-state index contributed by atoms with van der Waals surface area (Å²) in [7, 11) is 0. The smallest absolute Gasteiger partial charge is 0.326 e. The van der Waals surface area contributed by atoms with Gasteiger partial charge >= 0.3 is 5.97 Å². The number of amides is 1. The zero-order chi connectivity index (χ0) is 20.6. The molecule has 2 aromatic carbocycles. The van der Waals surface area contributed by atoms with Crippen molar-refractivity contribution in [3.8, 4) is 0 Å². The molecule has 1 unspecified atom stereocenters. The molecule has 1 aromatic heterocycles. The number of nitrogens with one attached hydrogen (secondary N) is 1. The molecule has 1 atom stereocenters. The first-order valence-electron chi connectivity index (χ1n) is 8.80. The predicted octanol–water partition coefficient (Wildman–Crippen LogP) is 3.85. The van der Waals surface area contributed by atoms with Gasteiger partial charge in [0, 0.05) is 12.2 Å². The Morgan fingerprint density at radius 1 is 1.03 bits per heavy atom. The second kappa shape index (κ2) is 10.0. The molecule has 0 bridgehead atoms. The second-order valence-corrected chi connectivity index (χ2v) is 7.53. The van der Waals surface area contributed by atoms with Gasteiger partial charge < -0.3 is 10.4 Å². The van der Waals surface area contributed by atoms with Crippen LogP contribution in [-0.2, 0) is 17.0 Å². The van der Waals surface area contributed by atoms with Crippen molar-refractivity contribution in [1.82, 2.24) is 15.3 Å². The van der Waals surface area contributed by atoms with E-state index in [0.29, 0.717) is 10.9 Å². The lowest BCUT2D eigenvalue weighted by molar-refractivity contribution is -0.139. The third kappa shape index (κ3) is 6.04. The van der Waals surface area contributed by atoms with Crippen LogP contribution in [0, 0.1) is 0 Å². The van der Waals surface area contributed by atoms with Gasteiger partial charge in [-0.3, -0.25) is 4.79 Å². The van der Waals surface area contributed by atoms with E-state index in [1.54, 1.807) is 12.1 Å². The molecule has 0 saturated heterocycles. The average Bonchev–Trinajstić information content (AvgIpc) is 2.74. The monoisotopic (exact) mass is 427 g/mol. The Kier molecular flexibility index (Phi) is 7.21. The van der Waals surface area contributed by atoms with Gasteiger partial charge in [0.1, 0.15) is 6.04 Å². The maximum Gasteiger partial charge on any atom is 0.326 e. The third-order valence-electron chi connectivity index (χ3n) is 4.03. The number of carboxylic acids is 1. The van der Waals surface area contributed by atoms with Crippen molar-refractivity contribution in [2.45, 2.75) is 23.4 Å². The van der Waals surface area contributed by atoms with Gasteiger partial charge in [-0.1, -0.05) is 84.0 Å². The Labute approximate surface area is 177 Å². The summed E-state index contributed by atoms with van der Waals surface area (Å²) in [6, 6.07) is 17.8. The zero-order valence-corrected chi connectivity index (χ0v) is 16.9. The van der Waals surface area contributed by atoms with E-state index in [1.165, 1.54) is 18.0 Å². The highest BCUT2D eigenvalue weighted by atomic mass is 35.5. The molecule has 0 aliphatic rings. The molecule has 0 spiro atoms. The minimum atomic E-state index is -1.13. The number of carbonyl (C=O) groups is 2. The highest BCUT2D eigenvalue weighted by Gasteiger charge is 2.23. The molecule has 8 heteroatoms. The lowest BCUT2D eigenvalue weighted by Crippen LogP contribution is -2.42. The number of carboxylic acid groups (broad SMARTS) is 1. The fourth-order valence-electron chi connectivity index (χ4n) is 2.58. The number of aliphatic carboxylic acids is 1. The Hall–Kier alpha value is -2.90. The van der Waals surface area contributed by atoms with E-state index in [0.717, 1.165) is 11.1 Å². The quantitative estimate of drug-likeness (QED) is 0.419. The molecule has 0 aliphatic carbocycles. The van der Waals surface area contributed by atoms with Crippen LogP contribution in [0.5, 0.6) is 0 Å². The molecule has 1 heterocycles. The van der Waals surface area contributed by atoms with Crippen LogP contribution in [0.25, 0.3) is 0 Å². The average molecular weight is 428 g/mol. The van der Waals surface area contributed by atoms with Crippen LogP contribution in [-0.4, -0.2) is 33.0 Å². The molecule has 29 heavy (non-hydrogen) atoms. The van der Waals surface area contributed by atoms with E-state index < -0.39 is 17.9 Å². The molecule has 148 valence electrons. The standard InChI is InChI=1S/C21H18ClN3O3S/c22-16-12-23-21(29-13-15-9-5-2-6-10-15)25-18(16)19(26)24-17(20(27)28)11-14-7-3-1-4-8-14/h1-10,12,17H,11,13H2,(H,24,26)(H,27,28).